The first kappa shape index (κ1) is 25.1. The van der Waals surface area contributed by atoms with Crippen molar-refractivity contribution in [3.05, 3.63) is 0 Å². The summed E-state index contributed by atoms with van der Waals surface area (Å²) >= 11 is 1.41. The average Bonchev–Trinajstić information content (AvgIpc) is 2.51. The molecular formula is C17H34NNaO4. The van der Waals surface area contributed by atoms with Crippen LogP contribution in [0.15, 0.2) is 0 Å². The standard InChI is InChI=1S/C12H25.C5H9NO4.Na/c1-3-5-7-9-11-12-10-8-6-4-2;6-3(5(9)10)1-2-4(7)8;/h1,3-12H2,2H3;3H,1-2,6H2,(H,7,8)(H,9,10);. The number of rotatable bonds is 14. The van der Waals surface area contributed by atoms with Crippen LogP contribution in [0, 0.1) is 0 Å². The van der Waals surface area contributed by atoms with Crippen LogP contribution in [-0.4, -0.2) is 56.1 Å². The van der Waals surface area contributed by atoms with Crippen molar-refractivity contribution in [2.75, 3.05) is 0 Å². The molecule has 0 aromatic carbocycles. The number of aliphatic carboxylic acids is 2. The molecule has 6 heteroatoms. The summed E-state index contributed by atoms with van der Waals surface area (Å²) in [6, 6.07) is -1.06. The van der Waals surface area contributed by atoms with E-state index in [-0.39, 0.29) is 12.8 Å². The van der Waals surface area contributed by atoms with Gasteiger partial charge in [-0.25, -0.2) is 0 Å². The van der Waals surface area contributed by atoms with Crippen LogP contribution in [-0.2, 0) is 9.59 Å². The smallest absolute Gasteiger partial charge is 0.320 e. The molecule has 0 saturated carbocycles. The second-order valence-corrected chi connectivity index (χ2v) is 7.06. The topological polar surface area (TPSA) is 101 Å². The van der Waals surface area contributed by atoms with E-state index < -0.39 is 18.0 Å². The maximum atomic E-state index is 9.99. The van der Waals surface area contributed by atoms with Crippen LogP contribution < -0.4 is 5.73 Å². The molecule has 0 amide bonds. The van der Waals surface area contributed by atoms with Gasteiger partial charge in [-0.2, -0.15) is 0 Å². The van der Waals surface area contributed by atoms with E-state index >= 15 is 0 Å². The van der Waals surface area contributed by atoms with E-state index in [0.29, 0.717) is 0 Å². The van der Waals surface area contributed by atoms with Crippen LogP contribution >= 0.6 is 0 Å². The monoisotopic (exact) mass is 339 g/mol. The molecule has 1 unspecified atom stereocenters. The quantitative estimate of drug-likeness (QED) is 0.330. The summed E-state index contributed by atoms with van der Waals surface area (Å²) in [4.78, 5) is 19.9. The van der Waals surface area contributed by atoms with Gasteiger partial charge in [0.2, 0.25) is 0 Å². The maximum Gasteiger partial charge on any atom is 0.320 e. The summed E-state index contributed by atoms with van der Waals surface area (Å²) in [6.07, 6.45) is 14.5. The zero-order valence-corrected chi connectivity index (χ0v) is 17.1. The fourth-order valence-corrected chi connectivity index (χ4v) is 2.64. The molecule has 0 spiro atoms. The van der Waals surface area contributed by atoms with Crippen LogP contribution in [0.2, 0.25) is 3.67 Å². The van der Waals surface area contributed by atoms with E-state index in [0.717, 1.165) is 0 Å². The van der Waals surface area contributed by atoms with Crippen molar-refractivity contribution in [3.8, 4) is 0 Å². The van der Waals surface area contributed by atoms with Gasteiger partial charge in [-0.3, -0.25) is 9.59 Å². The fraction of sp³-hybridized carbons (Fsp3) is 0.882. The Balaban J connectivity index is 0. The SMILES string of the molecule is CCCCCCCCCCC[CH2][Na].NC(CCC(=O)O)C(=O)O. The largest absolute Gasteiger partial charge is 0.481 e. The Labute approximate surface area is 158 Å². The van der Waals surface area contributed by atoms with E-state index in [2.05, 4.69) is 6.92 Å². The first-order valence-corrected chi connectivity index (χ1v) is 10.6. The number of hydrogen-bond donors (Lipinski definition) is 3. The minimum absolute atomic E-state index is 0.0231. The summed E-state index contributed by atoms with van der Waals surface area (Å²) in [7, 11) is 0. The third-order valence-corrected chi connectivity index (χ3v) is 4.40. The number of hydrogen-bond acceptors (Lipinski definition) is 3. The van der Waals surface area contributed by atoms with Crippen molar-refractivity contribution in [2.45, 2.75) is 93.7 Å². The molecule has 0 aromatic heterocycles. The van der Waals surface area contributed by atoms with Gasteiger partial charge >= 0.3 is 115 Å². The fourth-order valence-electron chi connectivity index (χ4n) is 2.14. The predicted octanol–water partition coefficient (Wildman–Crippen LogP) is 3.76. The summed E-state index contributed by atoms with van der Waals surface area (Å²) < 4.78 is 1.51. The van der Waals surface area contributed by atoms with E-state index in [1.807, 2.05) is 0 Å². The van der Waals surface area contributed by atoms with Crippen LogP contribution in [0.4, 0.5) is 0 Å². The Hall–Kier alpha value is -0.100. The van der Waals surface area contributed by atoms with Crippen molar-refractivity contribution in [1.82, 2.24) is 0 Å². The number of carboxylic acids is 2. The van der Waals surface area contributed by atoms with E-state index in [4.69, 9.17) is 15.9 Å². The van der Waals surface area contributed by atoms with Gasteiger partial charge in [0.05, 0.1) is 0 Å². The molecule has 0 fully saturated rings. The van der Waals surface area contributed by atoms with E-state index in [1.54, 1.807) is 0 Å². The third-order valence-electron chi connectivity index (χ3n) is 3.69. The molecule has 0 bridgehead atoms. The minimum atomic E-state index is -1.17. The first-order chi connectivity index (χ1) is 11.0. The summed E-state index contributed by atoms with van der Waals surface area (Å²) in [6.45, 7) is 2.29. The van der Waals surface area contributed by atoms with Gasteiger partial charge in [0.15, 0.2) is 0 Å². The Bertz CT molecular complexity index is 278. The predicted molar refractivity (Wildman–Crippen MR) is 94.9 cm³/mol. The molecule has 4 N–H and O–H groups in total. The van der Waals surface area contributed by atoms with Gasteiger partial charge in [0.1, 0.15) is 6.04 Å². The van der Waals surface area contributed by atoms with Crippen molar-refractivity contribution >= 4 is 39.9 Å². The molecule has 0 radical (unpaired) electrons. The number of carbonyl (C=O) groups is 2. The Kier molecular flexibility index (Phi) is 21.8. The van der Waals surface area contributed by atoms with Gasteiger partial charge in [-0.05, 0) is 6.42 Å². The van der Waals surface area contributed by atoms with Crippen LogP contribution in [0.3, 0.4) is 0 Å². The number of nitrogens with two attached hydrogens (primary N) is 1. The Morgan fingerprint density at radius 1 is 0.913 bits per heavy atom. The minimum Gasteiger partial charge on any atom is -0.481 e. The molecular weight excluding hydrogens is 305 g/mol. The molecule has 132 valence electrons. The van der Waals surface area contributed by atoms with Crippen molar-refractivity contribution in [3.63, 3.8) is 0 Å². The van der Waals surface area contributed by atoms with Crippen molar-refractivity contribution in [2.24, 2.45) is 5.73 Å². The molecule has 0 aliphatic heterocycles. The summed E-state index contributed by atoms with van der Waals surface area (Å²) in [5, 5.41) is 16.3. The molecule has 0 saturated heterocycles. The number of unbranched alkanes of at least 4 members (excludes halogenated alkanes) is 9. The Morgan fingerprint density at radius 3 is 1.70 bits per heavy atom. The average molecular weight is 339 g/mol. The number of carboxylic acid groups (broad SMARTS) is 2. The summed E-state index contributed by atoms with van der Waals surface area (Å²) in [5.74, 6) is -2.20. The van der Waals surface area contributed by atoms with Gasteiger partial charge < -0.3 is 15.9 Å². The molecule has 5 nitrogen and oxygen atoms in total. The van der Waals surface area contributed by atoms with Crippen LogP contribution in [0.5, 0.6) is 0 Å². The van der Waals surface area contributed by atoms with Gasteiger partial charge in [0.25, 0.3) is 0 Å². The zero-order valence-electron chi connectivity index (χ0n) is 15.1. The molecule has 0 aliphatic carbocycles. The van der Waals surface area contributed by atoms with Crippen molar-refractivity contribution in [1.29, 1.82) is 0 Å². The van der Waals surface area contributed by atoms with E-state index in [1.165, 1.54) is 95.8 Å². The Morgan fingerprint density at radius 2 is 1.35 bits per heavy atom. The molecule has 1 atom stereocenters. The third kappa shape index (κ3) is 24.3. The van der Waals surface area contributed by atoms with Crippen molar-refractivity contribution < 1.29 is 19.8 Å². The van der Waals surface area contributed by atoms with Gasteiger partial charge in [0, 0.05) is 6.42 Å². The summed E-state index contributed by atoms with van der Waals surface area (Å²) in [5.41, 5.74) is 5.00. The second kappa shape index (κ2) is 19.9. The van der Waals surface area contributed by atoms with Crippen LogP contribution in [0.1, 0.15) is 84.0 Å². The second-order valence-electron chi connectivity index (χ2n) is 6.06. The van der Waals surface area contributed by atoms with Crippen LogP contribution in [0.25, 0.3) is 0 Å². The molecule has 0 heterocycles. The maximum absolute atomic E-state index is 9.99. The van der Waals surface area contributed by atoms with E-state index in [9.17, 15) is 9.59 Å². The molecule has 0 aliphatic rings. The molecule has 23 heavy (non-hydrogen) atoms. The van der Waals surface area contributed by atoms with Gasteiger partial charge in [-0.1, -0.05) is 0 Å². The molecule has 0 rings (SSSR count). The first-order valence-electron chi connectivity index (χ1n) is 9.15. The zero-order chi connectivity index (χ0) is 17.9. The molecule has 0 aromatic rings. The normalized spacial score (nSPS) is 11.5. The van der Waals surface area contributed by atoms with Gasteiger partial charge in [-0.15, -0.1) is 0 Å².